The van der Waals surface area contributed by atoms with E-state index in [0.29, 0.717) is 5.95 Å². The van der Waals surface area contributed by atoms with Gasteiger partial charge in [0.2, 0.25) is 5.95 Å². The number of carbonyl (C=O) groups is 1. The van der Waals surface area contributed by atoms with E-state index in [-0.39, 0.29) is 11.7 Å². The molecule has 2 aromatic rings. The molecule has 1 unspecified atom stereocenters. The van der Waals surface area contributed by atoms with Gasteiger partial charge >= 0.3 is 5.97 Å². The molecule has 20 heavy (non-hydrogen) atoms. The predicted molar refractivity (Wildman–Crippen MR) is 76.4 cm³/mol. The minimum atomic E-state index is -1.02. The molecule has 0 radical (unpaired) electrons. The van der Waals surface area contributed by atoms with Crippen LogP contribution in [0.1, 0.15) is 17.2 Å². The van der Waals surface area contributed by atoms with Crippen LogP contribution in [0, 0.1) is 6.92 Å². The fourth-order valence-corrected chi connectivity index (χ4v) is 2.49. The summed E-state index contributed by atoms with van der Waals surface area (Å²) in [5.41, 5.74) is 2.16. The molecule has 1 atom stereocenters. The van der Waals surface area contributed by atoms with Crippen LogP contribution in [0.25, 0.3) is 0 Å². The number of halogens is 1. The van der Waals surface area contributed by atoms with E-state index in [1.807, 2.05) is 25.1 Å². The summed E-state index contributed by atoms with van der Waals surface area (Å²) in [5, 5.41) is 16.1. The van der Waals surface area contributed by atoms with Gasteiger partial charge in [-0.15, -0.1) is 0 Å². The summed E-state index contributed by atoms with van der Waals surface area (Å²) in [6, 6.07) is 5.60. The Kier molecular flexibility index (Phi) is 3.06. The molecule has 102 valence electrons. The lowest BCUT2D eigenvalue weighted by molar-refractivity contribution is -0.132. The first kappa shape index (κ1) is 12.9. The first-order valence-electron chi connectivity index (χ1n) is 5.94. The summed E-state index contributed by atoms with van der Waals surface area (Å²) in [4.78, 5) is 15.2. The van der Waals surface area contributed by atoms with E-state index in [2.05, 4.69) is 31.3 Å². The largest absolute Gasteiger partial charge is 0.477 e. The highest BCUT2D eigenvalue weighted by Crippen LogP contribution is 2.30. The van der Waals surface area contributed by atoms with Crippen LogP contribution in [0.3, 0.4) is 0 Å². The van der Waals surface area contributed by atoms with Crippen LogP contribution in [-0.4, -0.2) is 25.8 Å². The van der Waals surface area contributed by atoms with E-state index < -0.39 is 5.97 Å². The normalized spacial score (nSPS) is 17.1. The van der Waals surface area contributed by atoms with Crippen molar-refractivity contribution in [2.24, 2.45) is 0 Å². The summed E-state index contributed by atoms with van der Waals surface area (Å²) in [7, 11) is 0. The number of nitrogens with zero attached hydrogens (tertiary/aromatic N) is 3. The second-order valence-corrected chi connectivity index (χ2v) is 5.35. The van der Waals surface area contributed by atoms with E-state index in [0.717, 1.165) is 15.6 Å². The number of hydrogen-bond acceptors (Lipinski definition) is 4. The van der Waals surface area contributed by atoms with Gasteiger partial charge in [-0.05, 0) is 30.2 Å². The SMILES string of the molecule is Cc1ccc(C2C=C(C(=O)O)Nc3ncnn32)cc1Br. The number of hydrogen-bond donors (Lipinski definition) is 2. The highest BCUT2D eigenvalue weighted by Gasteiger charge is 2.25. The van der Waals surface area contributed by atoms with Crippen LogP contribution in [-0.2, 0) is 4.79 Å². The van der Waals surface area contributed by atoms with Crippen LogP contribution < -0.4 is 5.32 Å². The summed E-state index contributed by atoms with van der Waals surface area (Å²) in [5.74, 6) is -0.595. The number of aliphatic carboxylic acids is 1. The first-order valence-corrected chi connectivity index (χ1v) is 6.73. The van der Waals surface area contributed by atoms with E-state index in [1.165, 1.54) is 6.33 Å². The van der Waals surface area contributed by atoms with Crippen LogP contribution in [0.4, 0.5) is 5.95 Å². The molecule has 1 aromatic heterocycles. The third kappa shape index (κ3) is 2.09. The minimum Gasteiger partial charge on any atom is -0.477 e. The lowest BCUT2D eigenvalue weighted by Crippen LogP contribution is -2.24. The Morgan fingerprint density at radius 1 is 1.50 bits per heavy atom. The maximum Gasteiger partial charge on any atom is 0.352 e. The van der Waals surface area contributed by atoms with Crippen molar-refractivity contribution in [2.45, 2.75) is 13.0 Å². The topological polar surface area (TPSA) is 80.0 Å². The van der Waals surface area contributed by atoms with Crippen molar-refractivity contribution in [1.82, 2.24) is 14.8 Å². The lowest BCUT2D eigenvalue weighted by Gasteiger charge is -2.22. The molecular formula is C13H11BrN4O2. The molecule has 0 saturated carbocycles. The highest BCUT2D eigenvalue weighted by atomic mass is 79.9. The van der Waals surface area contributed by atoms with Crippen molar-refractivity contribution in [3.8, 4) is 0 Å². The van der Waals surface area contributed by atoms with E-state index in [4.69, 9.17) is 5.11 Å². The number of allylic oxidation sites excluding steroid dienone is 1. The van der Waals surface area contributed by atoms with Crippen LogP contribution in [0.5, 0.6) is 0 Å². The van der Waals surface area contributed by atoms with Gasteiger partial charge in [0.1, 0.15) is 18.1 Å². The zero-order chi connectivity index (χ0) is 14.3. The van der Waals surface area contributed by atoms with E-state index >= 15 is 0 Å². The highest BCUT2D eigenvalue weighted by molar-refractivity contribution is 9.10. The summed E-state index contributed by atoms with van der Waals surface area (Å²) < 4.78 is 2.63. The number of rotatable bonds is 2. The van der Waals surface area contributed by atoms with Gasteiger partial charge in [-0.1, -0.05) is 28.1 Å². The van der Waals surface area contributed by atoms with Crippen LogP contribution >= 0.6 is 15.9 Å². The van der Waals surface area contributed by atoms with E-state index in [9.17, 15) is 4.79 Å². The number of anilines is 1. The van der Waals surface area contributed by atoms with Gasteiger partial charge in [-0.2, -0.15) is 10.1 Å². The molecule has 2 N–H and O–H groups in total. The fraction of sp³-hybridized carbons (Fsp3) is 0.154. The number of nitrogens with one attached hydrogen (secondary N) is 1. The molecule has 3 rings (SSSR count). The average Bonchev–Trinajstić information content (AvgIpc) is 2.89. The molecule has 0 spiro atoms. The average molecular weight is 335 g/mol. The molecule has 2 heterocycles. The number of carboxylic acid groups (broad SMARTS) is 1. The second kappa shape index (κ2) is 4.75. The van der Waals surface area contributed by atoms with Gasteiger partial charge in [0.25, 0.3) is 0 Å². The van der Waals surface area contributed by atoms with Crippen LogP contribution in [0.2, 0.25) is 0 Å². The standard InChI is InChI=1S/C13H11BrN4O2/c1-7-2-3-8(4-9(7)14)11-5-10(12(19)20)17-13-15-6-16-18(11)13/h2-6,11H,1H3,(H,19,20)(H,15,16,17). The quantitative estimate of drug-likeness (QED) is 0.881. The molecule has 7 heteroatoms. The van der Waals surface area contributed by atoms with Crippen molar-refractivity contribution < 1.29 is 9.90 Å². The molecule has 1 aromatic carbocycles. The zero-order valence-corrected chi connectivity index (χ0v) is 12.1. The van der Waals surface area contributed by atoms with Gasteiger partial charge in [0, 0.05) is 4.47 Å². The maximum atomic E-state index is 11.2. The molecule has 0 amide bonds. The Labute approximate surface area is 123 Å². The van der Waals surface area contributed by atoms with Crippen molar-refractivity contribution in [2.75, 3.05) is 5.32 Å². The summed E-state index contributed by atoms with van der Waals surface area (Å²) >= 11 is 3.49. The first-order chi connectivity index (χ1) is 9.56. The van der Waals surface area contributed by atoms with Crippen molar-refractivity contribution in [3.05, 3.63) is 51.9 Å². The number of benzene rings is 1. The Morgan fingerprint density at radius 2 is 2.30 bits per heavy atom. The van der Waals surface area contributed by atoms with Gasteiger partial charge < -0.3 is 10.4 Å². The Morgan fingerprint density at radius 3 is 3.00 bits per heavy atom. The smallest absolute Gasteiger partial charge is 0.352 e. The zero-order valence-electron chi connectivity index (χ0n) is 10.5. The number of fused-ring (bicyclic) bond motifs is 1. The van der Waals surface area contributed by atoms with Crippen molar-refractivity contribution >= 4 is 27.8 Å². The molecular weight excluding hydrogens is 324 g/mol. The molecule has 0 aliphatic carbocycles. The second-order valence-electron chi connectivity index (χ2n) is 4.49. The monoisotopic (exact) mass is 334 g/mol. The van der Waals surface area contributed by atoms with Gasteiger partial charge in [-0.25, -0.2) is 9.48 Å². The van der Waals surface area contributed by atoms with Crippen molar-refractivity contribution in [3.63, 3.8) is 0 Å². The minimum absolute atomic E-state index is 0.104. The van der Waals surface area contributed by atoms with Crippen molar-refractivity contribution in [1.29, 1.82) is 0 Å². The summed E-state index contributed by atoms with van der Waals surface area (Å²) in [6.07, 6.45) is 3.03. The third-order valence-electron chi connectivity index (χ3n) is 3.18. The Bertz CT molecular complexity index is 723. The Hall–Kier alpha value is -2.15. The lowest BCUT2D eigenvalue weighted by atomic mass is 10.0. The fourth-order valence-electron chi connectivity index (χ4n) is 2.09. The molecule has 0 bridgehead atoms. The molecule has 0 fully saturated rings. The molecule has 1 aliphatic rings. The van der Waals surface area contributed by atoms with E-state index in [1.54, 1.807) is 10.8 Å². The van der Waals surface area contributed by atoms with Gasteiger partial charge in [-0.3, -0.25) is 0 Å². The maximum absolute atomic E-state index is 11.2. The van der Waals surface area contributed by atoms with Gasteiger partial charge in [0.05, 0.1) is 0 Å². The number of carboxylic acids is 1. The Balaban J connectivity index is 2.11. The number of aromatic nitrogens is 3. The summed E-state index contributed by atoms with van der Waals surface area (Å²) in [6.45, 7) is 2.00. The molecule has 1 aliphatic heterocycles. The number of aryl methyl sites for hydroxylation is 1. The van der Waals surface area contributed by atoms with Gasteiger partial charge in [0.15, 0.2) is 0 Å². The van der Waals surface area contributed by atoms with Crippen LogP contribution in [0.15, 0.2) is 40.8 Å². The predicted octanol–water partition coefficient (Wildman–Crippen LogP) is 2.33. The third-order valence-corrected chi connectivity index (χ3v) is 4.03. The molecule has 0 saturated heterocycles. The molecule has 6 nitrogen and oxygen atoms in total.